The second-order valence-electron chi connectivity index (χ2n) is 5.94. The number of thiazole rings is 1. The Hall–Kier alpha value is -1.73. The van der Waals surface area contributed by atoms with E-state index in [9.17, 15) is 14.7 Å². The second-order valence-corrected chi connectivity index (χ2v) is 6.78. The highest BCUT2D eigenvalue weighted by Crippen LogP contribution is 2.27. The van der Waals surface area contributed by atoms with Crippen molar-refractivity contribution in [1.82, 2.24) is 14.7 Å². The van der Waals surface area contributed by atoms with Crippen LogP contribution >= 0.6 is 11.3 Å². The van der Waals surface area contributed by atoms with Crippen LogP contribution in [0.3, 0.4) is 0 Å². The maximum Gasteiger partial charge on any atom is 0.271 e. The minimum Gasteiger partial charge on any atom is -0.388 e. The van der Waals surface area contributed by atoms with E-state index in [0.29, 0.717) is 17.8 Å². The quantitative estimate of drug-likeness (QED) is 0.897. The Balaban J connectivity index is 1.79. The summed E-state index contributed by atoms with van der Waals surface area (Å²) in [4.78, 5) is 29.4. The molecule has 0 radical (unpaired) electrons. The van der Waals surface area contributed by atoms with Crippen LogP contribution in [0.1, 0.15) is 48.2 Å². The van der Waals surface area contributed by atoms with E-state index in [0.717, 1.165) is 25.0 Å². The first-order valence-corrected chi connectivity index (χ1v) is 8.35. The molecule has 0 bridgehead atoms. The average molecular weight is 321 g/mol. The fourth-order valence-electron chi connectivity index (χ4n) is 2.91. The largest absolute Gasteiger partial charge is 0.388 e. The minimum absolute atomic E-state index is 0.0124. The van der Waals surface area contributed by atoms with Crippen LogP contribution in [0.2, 0.25) is 0 Å². The van der Waals surface area contributed by atoms with Crippen LogP contribution in [-0.4, -0.2) is 32.5 Å². The van der Waals surface area contributed by atoms with Crippen LogP contribution in [0.5, 0.6) is 0 Å². The smallest absolute Gasteiger partial charge is 0.271 e. The molecule has 0 aliphatic heterocycles. The molecule has 6 nitrogen and oxygen atoms in total. The SMILES string of the molecule is Cc1csc2ncc(C(=O)NCC3(O)CCCCC3)c(=O)n12. The number of carbonyl (C=O) groups excluding carboxylic acids is 1. The Morgan fingerprint density at radius 2 is 2.18 bits per heavy atom. The topological polar surface area (TPSA) is 83.7 Å². The summed E-state index contributed by atoms with van der Waals surface area (Å²) in [6.07, 6.45) is 5.75. The van der Waals surface area contributed by atoms with Crippen LogP contribution < -0.4 is 10.9 Å². The van der Waals surface area contributed by atoms with Gasteiger partial charge >= 0.3 is 0 Å². The third kappa shape index (κ3) is 2.78. The lowest BCUT2D eigenvalue weighted by Gasteiger charge is -2.32. The minimum atomic E-state index is -0.847. The third-order valence-corrected chi connectivity index (χ3v) is 5.18. The molecule has 2 aromatic heterocycles. The van der Waals surface area contributed by atoms with Gasteiger partial charge in [0.05, 0.1) is 5.60 Å². The van der Waals surface area contributed by atoms with E-state index in [4.69, 9.17) is 0 Å². The third-order valence-electron chi connectivity index (χ3n) is 4.22. The zero-order chi connectivity index (χ0) is 15.7. The Labute approximate surface area is 131 Å². The lowest BCUT2D eigenvalue weighted by Crippen LogP contribution is -2.45. The van der Waals surface area contributed by atoms with Crippen molar-refractivity contribution in [3.05, 3.63) is 33.2 Å². The summed E-state index contributed by atoms with van der Waals surface area (Å²) in [5, 5.41) is 14.9. The molecule has 0 saturated heterocycles. The van der Waals surface area contributed by atoms with E-state index in [1.165, 1.54) is 21.9 Å². The fourth-order valence-corrected chi connectivity index (χ4v) is 3.73. The Morgan fingerprint density at radius 1 is 1.45 bits per heavy atom. The molecule has 1 fully saturated rings. The van der Waals surface area contributed by atoms with Gasteiger partial charge in [-0.2, -0.15) is 0 Å². The average Bonchev–Trinajstić information content (AvgIpc) is 2.88. The highest BCUT2D eigenvalue weighted by Gasteiger charge is 2.30. The van der Waals surface area contributed by atoms with Crippen LogP contribution in [-0.2, 0) is 0 Å². The van der Waals surface area contributed by atoms with Gasteiger partial charge in [0.1, 0.15) is 5.56 Å². The van der Waals surface area contributed by atoms with E-state index in [1.54, 1.807) is 6.92 Å². The summed E-state index contributed by atoms with van der Waals surface area (Å²) in [5.74, 6) is -0.475. The number of hydrogen-bond donors (Lipinski definition) is 2. The molecule has 118 valence electrons. The molecule has 22 heavy (non-hydrogen) atoms. The fraction of sp³-hybridized carbons (Fsp3) is 0.533. The Bertz CT molecular complexity index is 759. The van der Waals surface area contributed by atoms with Crippen molar-refractivity contribution in [3.63, 3.8) is 0 Å². The number of carbonyl (C=O) groups is 1. The molecule has 1 aliphatic carbocycles. The molecule has 1 saturated carbocycles. The highest BCUT2D eigenvalue weighted by molar-refractivity contribution is 7.15. The molecular formula is C15H19N3O3S. The van der Waals surface area contributed by atoms with E-state index in [2.05, 4.69) is 10.3 Å². The first-order valence-electron chi connectivity index (χ1n) is 7.47. The molecule has 3 rings (SSSR count). The number of hydrogen-bond acceptors (Lipinski definition) is 5. The van der Waals surface area contributed by atoms with Gasteiger partial charge in [-0.1, -0.05) is 19.3 Å². The van der Waals surface area contributed by atoms with Crippen LogP contribution in [0.15, 0.2) is 16.4 Å². The molecule has 0 unspecified atom stereocenters. The number of amides is 1. The summed E-state index contributed by atoms with van der Waals surface area (Å²) in [7, 11) is 0. The highest BCUT2D eigenvalue weighted by atomic mass is 32.1. The van der Waals surface area contributed by atoms with E-state index >= 15 is 0 Å². The number of aliphatic hydroxyl groups is 1. The molecule has 0 atom stereocenters. The lowest BCUT2D eigenvalue weighted by molar-refractivity contribution is 0.00523. The van der Waals surface area contributed by atoms with Crippen molar-refractivity contribution in [3.8, 4) is 0 Å². The van der Waals surface area contributed by atoms with Crippen molar-refractivity contribution >= 4 is 22.2 Å². The maximum atomic E-state index is 12.4. The van der Waals surface area contributed by atoms with Gasteiger partial charge in [0.15, 0.2) is 4.96 Å². The van der Waals surface area contributed by atoms with Gasteiger partial charge in [0, 0.05) is 23.8 Å². The number of nitrogens with one attached hydrogen (secondary N) is 1. The summed E-state index contributed by atoms with van der Waals surface area (Å²) in [6.45, 7) is 1.98. The van der Waals surface area contributed by atoms with E-state index < -0.39 is 11.5 Å². The number of nitrogens with zero attached hydrogens (tertiary/aromatic N) is 2. The maximum absolute atomic E-state index is 12.4. The lowest BCUT2D eigenvalue weighted by atomic mass is 9.85. The van der Waals surface area contributed by atoms with Crippen molar-refractivity contribution in [1.29, 1.82) is 0 Å². The predicted octanol–water partition coefficient (Wildman–Crippen LogP) is 1.49. The molecule has 2 N–H and O–H groups in total. The molecule has 2 aromatic rings. The molecule has 1 amide bonds. The van der Waals surface area contributed by atoms with Crippen LogP contribution in [0.4, 0.5) is 0 Å². The molecule has 0 aromatic carbocycles. The normalized spacial score (nSPS) is 17.5. The summed E-state index contributed by atoms with van der Waals surface area (Å²) < 4.78 is 1.44. The van der Waals surface area contributed by atoms with Gasteiger partial charge in [0.25, 0.3) is 11.5 Å². The standard InChI is InChI=1S/C15H19N3O3S/c1-10-8-22-14-16-7-11(13(20)18(10)14)12(19)17-9-15(21)5-3-2-4-6-15/h7-8,21H,2-6,9H2,1H3,(H,17,19). The number of aromatic nitrogens is 2. The van der Waals surface area contributed by atoms with Gasteiger partial charge in [-0.05, 0) is 19.8 Å². The van der Waals surface area contributed by atoms with Gasteiger partial charge in [0.2, 0.25) is 0 Å². The van der Waals surface area contributed by atoms with Crippen molar-refractivity contribution in [2.24, 2.45) is 0 Å². The van der Waals surface area contributed by atoms with Crippen molar-refractivity contribution < 1.29 is 9.90 Å². The van der Waals surface area contributed by atoms with Gasteiger partial charge in [-0.25, -0.2) is 4.98 Å². The monoisotopic (exact) mass is 321 g/mol. The van der Waals surface area contributed by atoms with Gasteiger partial charge in [-0.15, -0.1) is 11.3 Å². The number of rotatable bonds is 3. The molecule has 7 heteroatoms. The van der Waals surface area contributed by atoms with Gasteiger partial charge in [-0.3, -0.25) is 14.0 Å². The second kappa shape index (κ2) is 5.81. The zero-order valence-electron chi connectivity index (χ0n) is 12.5. The molecular weight excluding hydrogens is 302 g/mol. The Kier molecular flexibility index (Phi) is 4.01. The van der Waals surface area contributed by atoms with E-state index in [-0.39, 0.29) is 17.7 Å². The molecule has 1 aliphatic rings. The summed E-state index contributed by atoms with van der Waals surface area (Å²) >= 11 is 1.36. The van der Waals surface area contributed by atoms with Crippen LogP contribution in [0.25, 0.3) is 4.96 Å². The van der Waals surface area contributed by atoms with E-state index in [1.807, 2.05) is 5.38 Å². The zero-order valence-corrected chi connectivity index (χ0v) is 13.3. The van der Waals surface area contributed by atoms with Crippen molar-refractivity contribution in [2.45, 2.75) is 44.6 Å². The van der Waals surface area contributed by atoms with Crippen LogP contribution in [0, 0.1) is 6.92 Å². The Morgan fingerprint density at radius 3 is 2.91 bits per heavy atom. The summed E-state index contributed by atoms with van der Waals surface area (Å²) in [6, 6.07) is 0. The molecule has 0 spiro atoms. The predicted molar refractivity (Wildman–Crippen MR) is 84.4 cm³/mol. The number of aryl methyl sites for hydroxylation is 1. The van der Waals surface area contributed by atoms with Crippen molar-refractivity contribution in [2.75, 3.05) is 6.54 Å². The first-order chi connectivity index (χ1) is 10.5. The summed E-state index contributed by atoms with van der Waals surface area (Å²) in [5.41, 5.74) is -0.437. The number of fused-ring (bicyclic) bond motifs is 1. The first kappa shape index (κ1) is 15.2. The molecule has 2 heterocycles. The van der Waals surface area contributed by atoms with Gasteiger partial charge < -0.3 is 10.4 Å².